The summed E-state index contributed by atoms with van der Waals surface area (Å²) in [5.41, 5.74) is 11.4. The Hall–Kier alpha value is -9.93. The molecule has 0 spiro atoms. The Balaban J connectivity index is 1.05. The van der Waals surface area contributed by atoms with E-state index in [1.54, 1.807) is 60.7 Å². The molecule has 10 nitrogen and oxygen atoms in total. The van der Waals surface area contributed by atoms with Crippen LogP contribution in [0, 0.1) is 29.6 Å². The average molecular weight is 1110 g/mol. The number of carboxylic acids is 5. The minimum Gasteiger partial charge on any atom is -0.478 e. The molecule has 0 saturated heterocycles. The molecule has 12 atom stereocenters. The average Bonchev–Trinajstić information content (AvgIpc) is 1.42. The lowest BCUT2D eigenvalue weighted by Crippen LogP contribution is -2.63. The first-order chi connectivity index (χ1) is 41.3. The zero-order chi connectivity index (χ0) is 56.7. The van der Waals surface area contributed by atoms with E-state index in [0.29, 0.717) is 12.8 Å². The molecule has 0 amide bonds. The van der Waals surface area contributed by atoms with Gasteiger partial charge in [0, 0.05) is 10.8 Å². The van der Waals surface area contributed by atoms with Crippen molar-refractivity contribution in [1.29, 1.82) is 0 Å². The molecule has 21 rings (SSSR count). The van der Waals surface area contributed by atoms with Crippen molar-refractivity contribution in [2.24, 2.45) is 29.6 Å². The first-order valence-electron chi connectivity index (χ1n) is 29.5. The highest BCUT2D eigenvalue weighted by atomic mass is 16.4. The second-order valence-corrected chi connectivity index (χ2v) is 26.4. The Morgan fingerprint density at radius 1 is 0.306 bits per heavy atom. The van der Waals surface area contributed by atoms with Crippen molar-refractivity contribution in [2.45, 2.75) is 52.8 Å². The Kier molecular flexibility index (Phi) is 7.51. The number of rotatable bonds is 10. The highest BCUT2D eigenvalue weighted by molar-refractivity contribution is 6.54. The van der Waals surface area contributed by atoms with E-state index in [4.69, 9.17) is 0 Å². The summed E-state index contributed by atoms with van der Waals surface area (Å²) in [6, 6.07) is 52.8. The third-order valence-electron chi connectivity index (χ3n) is 24.5. The van der Waals surface area contributed by atoms with Gasteiger partial charge in [-0.15, -0.1) is 0 Å². The lowest BCUT2D eigenvalue weighted by atomic mass is 9.36. The summed E-state index contributed by atoms with van der Waals surface area (Å²) < 4.78 is 0. The molecule has 13 aromatic carbocycles. The predicted molar refractivity (Wildman–Crippen MR) is 320 cm³/mol. The summed E-state index contributed by atoms with van der Waals surface area (Å²) in [6.07, 6.45) is 1.37. The van der Waals surface area contributed by atoms with Crippen LogP contribution in [0.15, 0.2) is 158 Å². The quantitative estimate of drug-likeness (QED) is 0.0825. The van der Waals surface area contributed by atoms with E-state index in [9.17, 15) is 49.5 Å². The van der Waals surface area contributed by atoms with E-state index in [1.165, 1.54) is 109 Å². The molecule has 5 N–H and O–H groups in total. The van der Waals surface area contributed by atoms with Crippen LogP contribution in [0.5, 0.6) is 0 Å². The molecule has 13 aromatic rings. The molecule has 0 bridgehead atoms. The van der Waals surface area contributed by atoms with Gasteiger partial charge in [0.25, 0.3) is 0 Å². The van der Waals surface area contributed by atoms with Crippen LogP contribution in [0.3, 0.4) is 0 Å². The first-order valence-corrected chi connectivity index (χ1v) is 29.5. The number of fused-ring (bicyclic) bond motifs is 5. The van der Waals surface area contributed by atoms with Crippen LogP contribution in [-0.2, 0) is 16.2 Å². The maximum Gasteiger partial charge on any atom is 0.335 e. The van der Waals surface area contributed by atoms with Gasteiger partial charge in [0.05, 0.1) is 33.2 Å². The van der Waals surface area contributed by atoms with Crippen LogP contribution in [0.4, 0.5) is 0 Å². The van der Waals surface area contributed by atoms with Gasteiger partial charge >= 0.3 is 29.8 Å². The fourth-order valence-electron chi connectivity index (χ4n) is 22.7. The van der Waals surface area contributed by atoms with Crippen molar-refractivity contribution < 1.29 is 49.5 Å². The van der Waals surface area contributed by atoms with Gasteiger partial charge in [-0.3, -0.25) is 0 Å². The molecule has 0 aromatic heterocycles. The van der Waals surface area contributed by atoms with E-state index in [0.717, 1.165) is 27.8 Å². The monoisotopic (exact) mass is 1100 g/mol. The second kappa shape index (κ2) is 14.0. The maximum absolute atomic E-state index is 13.1. The lowest BCUT2D eigenvalue weighted by Gasteiger charge is -2.65. The summed E-state index contributed by atoms with van der Waals surface area (Å²) in [4.78, 5) is 64.8. The molecule has 8 aliphatic rings. The summed E-state index contributed by atoms with van der Waals surface area (Å²) >= 11 is 0. The molecule has 8 aliphatic carbocycles. The molecule has 10 unspecified atom stereocenters. The smallest absolute Gasteiger partial charge is 0.335 e. The van der Waals surface area contributed by atoms with E-state index in [1.807, 2.05) is 24.3 Å². The minimum absolute atomic E-state index is 0.157. The third-order valence-corrected chi connectivity index (χ3v) is 24.5. The Morgan fingerprint density at radius 2 is 0.612 bits per heavy atom. The largest absolute Gasteiger partial charge is 0.478 e. The Bertz CT molecular complexity index is 5090. The van der Waals surface area contributed by atoms with Crippen molar-refractivity contribution in [2.75, 3.05) is 0 Å². The standard InChI is InChI=1S/C75H44O10/c76-68(77)31-5-1-29(2-6-31)45-27-47-43-25-23-41-39-21-22-40-42-24-26-44-48-28-46(30-3-7-32(8-4-30)69(78)79)56-55(45)63-67-64(56)74(48,37-17-11-34(12-18-37)71(82)83)62-54(44)52(42)58-50(40)49(39)57-51(41)53(43)61(73(47,63)36-15-9-33(10-16-36)70(80)81)65-59(57)60(58)66(62)75(65,67)38-19-13-35(14-20-38)72(84)85/h1-26,45-48,55-56,63-64,67H,27-28H2,(H,76,77)(H,78,79)(H,80,81)(H,82,83)(H,84,85)/t45?,46?,47?,48?,55?,56?,63-,64+,67?,73?,74?,75?. The van der Waals surface area contributed by atoms with Gasteiger partial charge in [-0.25, -0.2) is 24.0 Å². The first kappa shape index (κ1) is 45.6. The predicted octanol–water partition coefficient (Wildman–Crippen LogP) is 14.9. The Labute approximate surface area is 481 Å². The van der Waals surface area contributed by atoms with E-state index < -0.39 is 46.1 Å². The number of hydrogen-bond acceptors (Lipinski definition) is 5. The molecule has 10 heteroatoms. The highest BCUT2D eigenvalue weighted by Crippen LogP contribution is 2.90. The van der Waals surface area contributed by atoms with Crippen LogP contribution < -0.4 is 0 Å². The lowest BCUT2D eigenvalue weighted by molar-refractivity contribution is 0.0334. The summed E-state index contributed by atoms with van der Waals surface area (Å²) in [6.45, 7) is 0. The number of hydrogen-bond donors (Lipinski definition) is 5. The zero-order valence-corrected chi connectivity index (χ0v) is 44.9. The van der Waals surface area contributed by atoms with E-state index >= 15 is 0 Å². The third kappa shape index (κ3) is 4.42. The summed E-state index contributed by atoms with van der Waals surface area (Å²) in [5.74, 6) is -6.77. The van der Waals surface area contributed by atoms with Gasteiger partial charge in [-0.2, -0.15) is 0 Å². The van der Waals surface area contributed by atoms with Crippen molar-refractivity contribution in [3.8, 4) is 0 Å². The molecule has 3 saturated carbocycles. The van der Waals surface area contributed by atoms with Crippen molar-refractivity contribution in [3.05, 3.63) is 247 Å². The molecular formula is C75H44O10. The van der Waals surface area contributed by atoms with Gasteiger partial charge in [0.1, 0.15) is 0 Å². The fourth-order valence-corrected chi connectivity index (χ4v) is 22.7. The zero-order valence-electron chi connectivity index (χ0n) is 44.9. The van der Waals surface area contributed by atoms with Crippen molar-refractivity contribution >= 4 is 105 Å². The van der Waals surface area contributed by atoms with Crippen molar-refractivity contribution in [3.63, 3.8) is 0 Å². The van der Waals surface area contributed by atoms with Crippen LogP contribution in [0.1, 0.15) is 150 Å². The van der Waals surface area contributed by atoms with Crippen LogP contribution >= 0.6 is 0 Å². The van der Waals surface area contributed by atoms with Gasteiger partial charge in [-0.05, 0) is 263 Å². The number of benzene rings is 11. The van der Waals surface area contributed by atoms with Gasteiger partial charge in [0.2, 0.25) is 0 Å². The molecular weight excluding hydrogens is 1060 g/mol. The van der Waals surface area contributed by atoms with Crippen molar-refractivity contribution in [1.82, 2.24) is 0 Å². The highest BCUT2D eigenvalue weighted by Gasteiger charge is 2.83. The van der Waals surface area contributed by atoms with Gasteiger partial charge in [-0.1, -0.05) is 97.1 Å². The van der Waals surface area contributed by atoms with Crippen LogP contribution in [-0.4, -0.2) is 55.4 Å². The second-order valence-electron chi connectivity index (χ2n) is 26.4. The Morgan fingerprint density at radius 3 is 0.953 bits per heavy atom. The SMILES string of the molecule is O=C(O)c1ccc(C2CC3c4ccc5c6ccc7c8ccc9c%10c%11c%12c%13c%14c%15c(c4c5c%14c6c7c%13c%108)C3(c3ccc(C(=O)O)cc3)[C@@H]3C2C2C(c4ccc(C(=O)O)cc4)CC9C%11(c4ccc(C(=O)O)cc4)[C@@H]2C3C%15%12c2ccc(C(=O)O)cc2)cc1. The normalized spacial score (nSPS) is 28.9. The molecule has 85 heavy (non-hydrogen) atoms. The van der Waals surface area contributed by atoms with Gasteiger partial charge < -0.3 is 25.5 Å². The molecule has 0 heterocycles. The number of carboxylic acid groups (broad SMARTS) is 5. The van der Waals surface area contributed by atoms with E-state index in [-0.39, 0.29) is 81.1 Å². The number of carbonyl (C=O) groups is 5. The van der Waals surface area contributed by atoms with Crippen LogP contribution in [0.2, 0.25) is 0 Å². The van der Waals surface area contributed by atoms with Gasteiger partial charge in [0.15, 0.2) is 0 Å². The molecule has 3 fully saturated rings. The molecule has 0 radical (unpaired) electrons. The fraction of sp³-hybridized carbons (Fsp3) is 0.187. The molecule has 0 aliphatic heterocycles. The minimum atomic E-state index is -1.02. The van der Waals surface area contributed by atoms with E-state index in [2.05, 4.69) is 72.8 Å². The van der Waals surface area contributed by atoms with Crippen LogP contribution in [0.25, 0.3) is 75.4 Å². The number of aromatic carboxylic acids is 5. The summed E-state index contributed by atoms with van der Waals surface area (Å²) in [7, 11) is 0. The topological polar surface area (TPSA) is 186 Å². The summed E-state index contributed by atoms with van der Waals surface area (Å²) in [5, 5.41) is 70.5. The molecule has 404 valence electrons. The maximum atomic E-state index is 13.1.